The van der Waals surface area contributed by atoms with Crippen molar-refractivity contribution >= 4 is 17.1 Å². The SMILES string of the molecule is O=C(Cn1c(=O)c(=O)n(Cc2ccncc2)c2ncccc21)NCc1ccc2c(c1)OCO2. The molecule has 0 aliphatic carbocycles. The highest BCUT2D eigenvalue weighted by Gasteiger charge is 2.17. The van der Waals surface area contributed by atoms with E-state index in [1.54, 1.807) is 55.0 Å². The molecular formula is C23H19N5O5. The molecule has 0 atom stereocenters. The highest BCUT2D eigenvalue weighted by molar-refractivity contribution is 5.78. The number of rotatable bonds is 6. The minimum absolute atomic E-state index is 0.168. The Balaban J connectivity index is 1.41. The normalized spacial score (nSPS) is 12.1. The van der Waals surface area contributed by atoms with Crippen LogP contribution in [0, 0.1) is 0 Å². The molecule has 3 aromatic heterocycles. The lowest BCUT2D eigenvalue weighted by molar-refractivity contribution is -0.121. The van der Waals surface area contributed by atoms with Crippen molar-refractivity contribution in [2.75, 3.05) is 6.79 Å². The molecule has 1 aliphatic heterocycles. The first-order chi connectivity index (χ1) is 16.1. The number of fused-ring (bicyclic) bond motifs is 2. The molecule has 0 spiro atoms. The quantitative estimate of drug-likeness (QED) is 0.441. The number of aromatic nitrogens is 4. The minimum Gasteiger partial charge on any atom is -0.454 e. The van der Waals surface area contributed by atoms with Crippen molar-refractivity contribution in [3.8, 4) is 11.5 Å². The number of benzene rings is 1. The van der Waals surface area contributed by atoms with E-state index in [9.17, 15) is 14.4 Å². The number of nitrogens with one attached hydrogen (secondary N) is 1. The Labute approximate surface area is 187 Å². The summed E-state index contributed by atoms with van der Waals surface area (Å²) in [5, 5.41) is 2.77. The van der Waals surface area contributed by atoms with Crippen LogP contribution >= 0.6 is 0 Å². The topological polar surface area (TPSA) is 117 Å². The van der Waals surface area contributed by atoms with Gasteiger partial charge in [0.05, 0.1) is 12.1 Å². The van der Waals surface area contributed by atoms with Gasteiger partial charge in [-0.1, -0.05) is 6.07 Å². The molecule has 1 N–H and O–H groups in total. The van der Waals surface area contributed by atoms with Crippen molar-refractivity contribution in [2.24, 2.45) is 0 Å². The van der Waals surface area contributed by atoms with E-state index in [0.717, 1.165) is 15.7 Å². The van der Waals surface area contributed by atoms with E-state index in [2.05, 4.69) is 15.3 Å². The van der Waals surface area contributed by atoms with E-state index in [4.69, 9.17) is 9.47 Å². The fourth-order valence-electron chi connectivity index (χ4n) is 3.67. The van der Waals surface area contributed by atoms with Crippen LogP contribution in [0.1, 0.15) is 11.1 Å². The molecule has 4 aromatic rings. The van der Waals surface area contributed by atoms with Gasteiger partial charge in [0.25, 0.3) is 0 Å². The number of carbonyl (C=O) groups is 1. The summed E-state index contributed by atoms with van der Waals surface area (Å²) < 4.78 is 13.1. The molecule has 0 bridgehead atoms. The first-order valence-electron chi connectivity index (χ1n) is 10.2. The smallest absolute Gasteiger partial charge is 0.318 e. The van der Waals surface area contributed by atoms with Gasteiger partial charge in [-0.15, -0.1) is 0 Å². The number of amides is 1. The van der Waals surface area contributed by atoms with Crippen molar-refractivity contribution in [2.45, 2.75) is 19.6 Å². The predicted octanol–water partition coefficient (Wildman–Crippen LogP) is 1.05. The van der Waals surface area contributed by atoms with Crippen LogP contribution in [0.15, 0.2) is 70.6 Å². The summed E-state index contributed by atoms with van der Waals surface area (Å²) in [7, 11) is 0. The molecule has 33 heavy (non-hydrogen) atoms. The average molecular weight is 445 g/mol. The van der Waals surface area contributed by atoms with Crippen molar-refractivity contribution in [1.29, 1.82) is 0 Å². The number of carbonyl (C=O) groups excluding carboxylic acids is 1. The van der Waals surface area contributed by atoms with E-state index in [-0.39, 0.29) is 26.4 Å². The van der Waals surface area contributed by atoms with Crippen LogP contribution in [0.4, 0.5) is 0 Å². The Morgan fingerprint density at radius 3 is 2.58 bits per heavy atom. The van der Waals surface area contributed by atoms with Crippen LogP contribution in [0.25, 0.3) is 11.2 Å². The molecule has 10 heteroatoms. The summed E-state index contributed by atoms with van der Waals surface area (Å²) in [5.41, 5.74) is 0.804. The van der Waals surface area contributed by atoms with Crippen molar-refractivity contribution in [1.82, 2.24) is 24.4 Å². The van der Waals surface area contributed by atoms with Crippen molar-refractivity contribution in [3.63, 3.8) is 0 Å². The van der Waals surface area contributed by atoms with E-state index in [1.807, 2.05) is 6.07 Å². The second kappa shape index (κ2) is 8.58. The van der Waals surface area contributed by atoms with Gasteiger partial charge in [-0.25, -0.2) is 4.98 Å². The molecule has 0 radical (unpaired) electrons. The van der Waals surface area contributed by atoms with Crippen LogP contribution < -0.4 is 25.9 Å². The van der Waals surface area contributed by atoms with E-state index < -0.39 is 17.0 Å². The Bertz CT molecular complexity index is 1460. The molecule has 1 aromatic carbocycles. The van der Waals surface area contributed by atoms with E-state index in [0.29, 0.717) is 22.7 Å². The predicted molar refractivity (Wildman–Crippen MR) is 118 cm³/mol. The van der Waals surface area contributed by atoms with Crippen LogP contribution in [0.2, 0.25) is 0 Å². The molecule has 1 aliphatic rings. The Morgan fingerprint density at radius 1 is 0.939 bits per heavy atom. The second-order valence-corrected chi connectivity index (χ2v) is 7.45. The first kappa shape index (κ1) is 20.4. The molecule has 10 nitrogen and oxygen atoms in total. The van der Waals surface area contributed by atoms with Gasteiger partial charge in [-0.3, -0.25) is 28.5 Å². The van der Waals surface area contributed by atoms with Crippen LogP contribution in [0.3, 0.4) is 0 Å². The fourth-order valence-corrected chi connectivity index (χ4v) is 3.67. The average Bonchev–Trinajstić information content (AvgIpc) is 3.32. The molecule has 5 rings (SSSR count). The van der Waals surface area contributed by atoms with Gasteiger partial charge >= 0.3 is 11.1 Å². The Kier molecular flexibility index (Phi) is 5.31. The molecular weight excluding hydrogens is 426 g/mol. The first-order valence-corrected chi connectivity index (χ1v) is 10.2. The van der Waals surface area contributed by atoms with Gasteiger partial charge in [0.2, 0.25) is 12.7 Å². The zero-order valence-corrected chi connectivity index (χ0v) is 17.4. The number of nitrogens with zero attached hydrogens (tertiary/aromatic N) is 4. The zero-order chi connectivity index (χ0) is 22.8. The molecule has 0 saturated carbocycles. The highest BCUT2D eigenvalue weighted by Crippen LogP contribution is 2.32. The fraction of sp³-hybridized carbons (Fsp3) is 0.174. The van der Waals surface area contributed by atoms with Gasteiger partial charge in [-0.05, 0) is 47.5 Å². The largest absolute Gasteiger partial charge is 0.454 e. The van der Waals surface area contributed by atoms with Crippen LogP contribution in [-0.2, 0) is 24.4 Å². The van der Waals surface area contributed by atoms with E-state index in [1.165, 1.54) is 4.57 Å². The standard InChI is InChI=1S/C23H19N5O5/c29-20(26-11-16-3-4-18-19(10-16)33-14-32-18)13-27-17-2-1-7-25-21(17)28(23(31)22(27)30)12-15-5-8-24-9-6-15/h1-10H,11-14H2,(H,26,29). The van der Waals surface area contributed by atoms with Gasteiger partial charge in [0.1, 0.15) is 6.54 Å². The van der Waals surface area contributed by atoms with Crippen LogP contribution in [-0.4, -0.2) is 31.8 Å². The molecule has 0 saturated heterocycles. The minimum atomic E-state index is -0.789. The van der Waals surface area contributed by atoms with Gasteiger partial charge in [-0.2, -0.15) is 0 Å². The maximum absolute atomic E-state index is 12.9. The number of hydrogen-bond donors (Lipinski definition) is 1. The molecule has 4 heterocycles. The maximum atomic E-state index is 12.9. The highest BCUT2D eigenvalue weighted by atomic mass is 16.7. The van der Waals surface area contributed by atoms with Gasteiger partial charge in [0, 0.05) is 25.1 Å². The molecule has 166 valence electrons. The third-order valence-corrected chi connectivity index (χ3v) is 5.30. The molecule has 0 fully saturated rings. The van der Waals surface area contributed by atoms with Crippen molar-refractivity contribution < 1.29 is 14.3 Å². The lowest BCUT2D eigenvalue weighted by Crippen LogP contribution is -2.44. The molecule has 0 unspecified atom stereocenters. The van der Waals surface area contributed by atoms with Crippen molar-refractivity contribution in [3.05, 3.63) is 92.9 Å². The maximum Gasteiger partial charge on any atom is 0.318 e. The van der Waals surface area contributed by atoms with Gasteiger partial charge in [0.15, 0.2) is 17.1 Å². The second-order valence-electron chi connectivity index (χ2n) is 7.45. The lowest BCUT2D eigenvalue weighted by Gasteiger charge is -2.14. The lowest BCUT2D eigenvalue weighted by atomic mass is 10.2. The number of hydrogen-bond acceptors (Lipinski definition) is 7. The molecule has 1 amide bonds. The number of pyridine rings is 2. The summed E-state index contributed by atoms with van der Waals surface area (Å²) in [5.74, 6) is 0.863. The summed E-state index contributed by atoms with van der Waals surface area (Å²) >= 11 is 0. The summed E-state index contributed by atoms with van der Waals surface area (Å²) in [4.78, 5) is 46.7. The third kappa shape index (κ3) is 4.05. The summed E-state index contributed by atoms with van der Waals surface area (Å²) in [6, 6.07) is 12.2. The summed E-state index contributed by atoms with van der Waals surface area (Å²) in [6.45, 7) is 0.263. The monoisotopic (exact) mass is 445 g/mol. The third-order valence-electron chi connectivity index (χ3n) is 5.30. The van der Waals surface area contributed by atoms with Crippen LogP contribution in [0.5, 0.6) is 11.5 Å². The summed E-state index contributed by atoms with van der Waals surface area (Å²) in [6.07, 6.45) is 4.77. The van der Waals surface area contributed by atoms with E-state index >= 15 is 0 Å². The Hall–Kier alpha value is -4.47. The zero-order valence-electron chi connectivity index (χ0n) is 17.4. The van der Waals surface area contributed by atoms with Gasteiger partial charge < -0.3 is 14.8 Å². The number of ether oxygens (including phenoxy) is 2. The Morgan fingerprint density at radius 2 is 1.73 bits per heavy atom.